The summed E-state index contributed by atoms with van der Waals surface area (Å²) < 4.78 is 0. The van der Waals surface area contributed by atoms with E-state index in [0.29, 0.717) is 12.2 Å². The Morgan fingerprint density at radius 3 is 2.55 bits per heavy atom. The molecule has 0 aromatic heterocycles. The molecule has 0 atom stereocenters. The van der Waals surface area contributed by atoms with Crippen molar-refractivity contribution in [3.63, 3.8) is 0 Å². The van der Waals surface area contributed by atoms with Gasteiger partial charge in [0.15, 0.2) is 0 Å². The zero-order chi connectivity index (χ0) is 16.3. The fourth-order valence-electron chi connectivity index (χ4n) is 2.43. The number of nitro benzene ring substituents is 1. The van der Waals surface area contributed by atoms with Crippen LogP contribution in [0.1, 0.15) is 22.3 Å². The average molecular weight is 295 g/mol. The predicted molar refractivity (Wildman–Crippen MR) is 85.8 cm³/mol. The molecule has 0 aliphatic carbocycles. The molecule has 0 spiro atoms. The quantitative estimate of drug-likeness (QED) is 0.636. The van der Waals surface area contributed by atoms with Gasteiger partial charge in [-0.2, -0.15) is 5.26 Å². The van der Waals surface area contributed by atoms with E-state index >= 15 is 0 Å². The summed E-state index contributed by atoms with van der Waals surface area (Å²) in [4.78, 5) is 12.6. The Hall–Kier alpha value is -2.87. The van der Waals surface area contributed by atoms with Crippen molar-refractivity contribution in [1.29, 1.82) is 5.26 Å². The van der Waals surface area contributed by atoms with Crippen LogP contribution < -0.4 is 4.90 Å². The van der Waals surface area contributed by atoms with Gasteiger partial charge in [-0.05, 0) is 37.1 Å². The van der Waals surface area contributed by atoms with E-state index in [2.05, 4.69) is 6.07 Å². The molecular weight excluding hydrogens is 278 g/mol. The number of nitriles is 1. The van der Waals surface area contributed by atoms with E-state index in [9.17, 15) is 10.1 Å². The van der Waals surface area contributed by atoms with Crippen molar-refractivity contribution in [1.82, 2.24) is 0 Å². The Bertz CT molecular complexity index is 763. The standard InChI is InChI=1S/C17H17N3O2/c1-12-4-6-15(13(2)8-12)11-19(3)16-7-5-14(10-18)9-17(16)20(21)22/h4-9H,11H2,1-3H3. The van der Waals surface area contributed by atoms with E-state index in [4.69, 9.17) is 5.26 Å². The van der Waals surface area contributed by atoms with Crippen molar-refractivity contribution < 1.29 is 4.92 Å². The van der Waals surface area contributed by atoms with Gasteiger partial charge >= 0.3 is 0 Å². The summed E-state index contributed by atoms with van der Waals surface area (Å²) in [5.74, 6) is 0. The fraction of sp³-hybridized carbons (Fsp3) is 0.235. The average Bonchev–Trinajstić information content (AvgIpc) is 2.49. The molecule has 0 fully saturated rings. The minimum absolute atomic E-state index is 0.0497. The van der Waals surface area contributed by atoms with Gasteiger partial charge in [0.2, 0.25) is 0 Å². The molecule has 0 unspecified atom stereocenters. The topological polar surface area (TPSA) is 70.2 Å². The predicted octanol–water partition coefficient (Wildman–Crippen LogP) is 3.72. The summed E-state index contributed by atoms with van der Waals surface area (Å²) in [7, 11) is 1.81. The zero-order valence-corrected chi connectivity index (χ0v) is 12.8. The number of benzene rings is 2. The van der Waals surface area contributed by atoms with Crippen molar-refractivity contribution in [3.8, 4) is 6.07 Å². The molecule has 0 amide bonds. The first-order chi connectivity index (χ1) is 10.4. The van der Waals surface area contributed by atoms with Gasteiger partial charge in [0.25, 0.3) is 5.69 Å². The Balaban J connectivity index is 2.35. The Labute approximate surface area is 129 Å². The molecule has 0 heterocycles. The molecule has 0 N–H and O–H groups in total. The highest BCUT2D eigenvalue weighted by Gasteiger charge is 2.18. The van der Waals surface area contributed by atoms with Gasteiger partial charge in [-0.25, -0.2) is 0 Å². The molecule has 0 aliphatic heterocycles. The van der Waals surface area contributed by atoms with Crippen LogP contribution in [0.5, 0.6) is 0 Å². The smallest absolute Gasteiger partial charge is 0.293 e. The molecule has 0 saturated carbocycles. The number of anilines is 1. The molecule has 0 radical (unpaired) electrons. The maximum Gasteiger partial charge on any atom is 0.293 e. The molecule has 2 rings (SSSR count). The van der Waals surface area contributed by atoms with Crippen LogP contribution in [0, 0.1) is 35.3 Å². The van der Waals surface area contributed by atoms with Crippen molar-refractivity contribution in [2.75, 3.05) is 11.9 Å². The lowest BCUT2D eigenvalue weighted by atomic mass is 10.0. The third-order valence-corrected chi connectivity index (χ3v) is 3.62. The minimum atomic E-state index is -0.450. The number of rotatable bonds is 4. The number of nitro groups is 1. The molecule has 0 saturated heterocycles. The highest BCUT2D eigenvalue weighted by molar-refractivity contribution is 5.65. The van der Waals surface area contributed by atoms with Crippen LogP contribution in [-0.2, 0) is 6.54 Å². The summed E-state index contributed by atoms with van der Waals surface area (Å²) in [6, 6.07) is 12.6. The summed E-state index contributed by atoms with van der Waals surface area (Å²) in [5.41, 5.74) is 4.20. The van der Waals surface area contributed by atoms with E-state index in [1.165, 1.54) is 11.6 Å². The molecule has 112 valence electrons. The van der Waals surface area contributed by atoms with Crippen LogP contribution in [0.4, 0.5) is 11.4 Å². The van der Waals surface area contributed by atoms with Crippen LogP contribution in [0.15, 0.2) is 36.4 Å². The monoisotopic (exact) mass is 295 g/mol. The van der Waals surface area contributed by atoms with E-state index in [1.807, 2.05) is 44.0 Å². The molecule has 22 heavy (non-hydrogen) atoms. The molecule has 2 aromatic carbocycles. The maximum absolute atomic E-state index is 11.2. The van der Waals surface area contributed by atoms with Crippen LogP contribution in [0.25, 0.3) is 0 Å². The van der Waals surface area contributed by atoms with E-state index in [0.717, 1.165) is 11.1 Å². The maximum atomic E-state index is 11.2. The normalized spacial score (nSPS) is 10.1. The van der Waals surface area contributed by atoms with Crippen LogP contribution in [-0.4, -0.2) is 12.0 Å². The third-order valence-electron chi connectivity index (χ3n) is 3.62. The molecule has 2 aromatic rings. The lowest BCUT2D eigenvalue weighted by molar-refractivity contribution is -0.384. The van der Waals surface area contributed by atoms with Crippen molar-refractivity contribution >= 4 is 11.4 Å². The Morgan fingerprint density at radius 1 is 1.23 bits per heavy atom. The van der Waals surface area contributed by atoms with Crippen LogP contribution >= 0.6 is 0 Å². The fourth-order valence-corrected chi connectivity index (χ4v) is 2.43. The van der Waals surface area contributed by atoms with Crippen molar-refractivity contribution in [2.45, 2.75) is 20.4 Å². The third kappa shape index (κ3) is 3.23. The molecule has 5 nitrogen and oxygen atoms in total. The minimum Gasteiger partial charge on any atom is -0.365 e. The van der Waals surface area contributed by atoms with Gasteiger partial charge < -0.3 is 4.90 Å². The highest BCUT2D eigenvalue weighted by Crippen LogP contribution is 2.29. The molecule has 0 bridgehead atoms. The van der Waals surface area contributed by atoms with Crippen molar-refractivity contribution in [2.24, 2.45) is 0 Å². The first-order valence-electron chi connectivity index (χ1n) is 6.88. The molecule has 0 aliphatic rings. The van der Waals surface area contributed by atoms with Gasteiger partial charge in [0.05, 0.1) is 16.6 Å². The second-order valence-electron chi connectivity index (χ2n) is 5.36. The van der Waals surface area contributed by atoms with Crippen LogP contribution in [0.2, 0.25) is 0 Å². The van der Waals surface area contributed by atoms with Gasteiger partial charge in [0.1, 0.15) is 5.69 Å². The molecular formula is C17H17N3O2. The Kier molecular flexibility index (Phi) is 4.42. The first kappa shape index (κ1) is 15.5. The zero-order valence-electron chi connectivity index (χ0n) is 12.8. The summed E-state index contributed by atoms with van der Waals surface area (Å²) >= 11 is 0. The van der Waals surface area contributed by atoms with Gasteiger partial charge in [-0.1, -0.05) is 23.8 Å². The van der Waals surface area contributed by atoms with Gasteiger partial charge in [-0.3, -0.25) is 10.1 Å². The van der Waals surface area contributed by atoms with Gasteiger partial charge in [-0.15, -0.1) is 0 Å². The Morgan fingerprint density at radius 2 is 1.95 bits per heavy atom. The number of hydrogen-bond acceptors (Lipinski definition) is 4. The van der Waals surface area contributed by atoms with E-state index in [-0.39, 0.29) is 11.3 Å². The lowest BCUT2D eigenvalue weighted by Gasteiger charge is -2.20. The van der Waals surface area contributed by atoms with Crippen molar-refractivity contribution in [3.05, 3.63) is 68.8 Å². The SMILES string of the molecule is Cc1ccc(CN(C)c2ccc(C#N)cc2[N+](=O)[O-])c(C)c1. The van der Waals surface area contributed by atoms with Crippen LogP contribution in [0.3, 0.4) is 0 Å². The number of hydrogen-bond donors (Lipinski definition) is 0. The highest BCUT2D eigenvalue weighted by atomic mass is 16.6. The van der Waals surface area contributed by atoms with E-state index < -0.39 is 4.92 Å². The summed E-state index contributed by atoms with van der Waals surface area (Å²) in [5, 5.41) is 20.1. The second-order valence-corrected chi connectivity index (χ2v) is 5.36. The number of nitrogens with zero attached hydrogens (tertiary/aromatic N) is 3. The summed E-state index contributed by atoms with van der Waals surface area (Å²) in [6.45, 7) is 4.63. The summed E-state index contributed by atoms with van der Waals surface area (Å²) in [6.07, 6.45) is 0. The number of aryl methyl sites for hydroxylation is 2. The largest absolute Gasteiger partial charge is 0.365 e. The first-order valence-corrected chi connectivity index (χ1v) is 6.88. The second kappa shape index (κ2) is 6.27. The van der Waals surface area contributed by atoms with E-state index in [1.54, 1.807) is 12.1 Å². The molecule has 5 heteroatoms. The lowest BCUT2D eigenvalue weighted by Crippen LogP contribution is -2.18. The van der Waals surface area contributed by atoms with Gasteiger partial charge in [0, 0.05) is 19.7 Å².